The third kappa shape index (κ3) is 4.33. The van der Waals surface area contributed by atoms with E-state index in [2.05, 4.69) is 31.6 Å². The average molecular weight is 593 g/mol. The number of likely N-dealkylation sites (tertiary alicyclic amines) is 1. The normalized spacial score (nSPS) is 21.1. The first-order chi connectivity index (χ1) is 21.4. The van der Waals surface area contributed by atoms with E-state index in [1.54, 1.807) is 19.5 Å². The van der Waals surface area contributed by atoms with Gasteiger partial charge in [-0.15, -0.1) is 0 Å². The molecule has 1 aromatic carbocycles. The molecule has 3 fully saturated rings. The second-order valence-electron chi connectivity index (χ2n) is 12.5. The van der Waals surface area contributed by atoms with Crippen LogP contribution < -0.4 is 15.8 Å². The van der Waals surface area contributed by atoms with Crippen LogP contribution in [0, 0.1) is 11.8 Å². The number of hydrogen-bond donors (Lipinski definition) is 3. The summed E-state index contributed by atoms with van der Waals surface area (Å²) >= 11 is 0. The molecule has 226 valence electrons. The van der Waals surface area contributed by atoms with Crippen molar-refractivity contribution >= 4 is 39.5 Å². The van der Waals surface area contributed by atoms with E-state index in [1.807, 2.05) is 36.2 Å². The monoisotopic (exact) mass is 592 g/mol. The number of aromatic nitrogens is 5. The average Bonchev–Trinajstić information content (AvgIpc) is 3.45. The SMILES string of the molecule is COc1cc(C(=O)N2CC3CCC2C3N)cc2nc(-c3cc4ccc(Nc5ccncc5CO)nc4n3CC3CC3)n(C)c12. The number of nitrogens with one attached hydrogen (secondary N) is 1. The lowest BCUT2D eigenvalue weighted by Crippen LogP contribution is -2.41. The number of aliphatic hydroxyl groups excluding tert-OH is 1. The molecule has 44 heavy (non-hydrogen) atoms. The summed E-state index contributed by atoms with van der Waals surface area (Å²) in [6.07, 6.45) is 7.79. The van der Waals surface area contributed by atoms with Gasteiger partial charge in [-0.2, -0.15) is 0 Å². The van der Waals surface area contributed by atoms with Crippen LogP contribution in [0.4, 0.5) is 11.5 Å². The Bertz CT molecular complexity index is 1930. The van der Waals surface area contributed by atoms with Crippen molar-refractivity contribution in [3.63, 3.8) is 0 Å². The molecule has 4 N–H and O–H groups in total. The molecule has 3 atom stereocenters. The molecule has 5 aromatic rings. The molecule has 1 saturated heterocycles. The minimum absolute atomic E-state index is 0.00863. The maximum absolute atomic E-state index is 13.7. The first kappa shape index (κ1) is 27.1. The predicted octanol–water partition coefficient (Wildman–Crippen LogP) is 4.20. The van der Waals surface area contributed by atoms with E-state index in [0.29, 0.717) is 46.6 Å². The Morgan fingerprint density at radius 1 is 1.14 bits per heavy atom. The fraction of sp³-hybridized carbons (Fsp3) is 0.394. The van der Waals surface area contributed by atoms with Crippen molar-refractivity contribution in [3.05, 3.63) is 59.9 Å². The fourth-order valence-electron chi connectivity index (χ4n) is 7.21. The van der Waals surface area contributed by atoms with Gasteiger partial charge in [-0.1, -0.05) is 0 Å². The molecule has 11 heteroatoms. The quantitative estimate of drug-likeness (QED) is 0.244. The highest BCUT2D eigenvalue weighted by Crippen LogP contribution is 2.40. The van der Waals surface area contributed by atoms with E-state index >= 15 is 0 Å². The first-order valence-electron chi connectivity index (χ1n) is 15.4. The van der Waals surface area contributed by atoms with E-state index < -0.39 is 0 Å². The number of fused-ring (bicyclic) bond motifs is 4. The number of piperidine rings is 1. The van der Waals surface area contributed by atoms with Crippen molar-refractivity contribution < 1.29 is 14.6 Å². The Balaban J connectivity index is 1.21. The number of carbonyl (C=O) groups is 1. The smallest absolute Gasteiger partial charge is 0.254 e. The van der Waals surface area contributed by atoms with Crippen molar-refractivity contribution in [3.8, 4) is 17.3 Å². The fourth-order valence-corrected chi connectivity index (χ4v) is 7.21. The van der Waals surface area contributed by atoms with Crippen molar-refractivity contribution in [2.75, 3.05) is 19.0 Å². The first-order valence-corrected chi connectivity index (χ1v) is 15.4. The van der Waals surface area contributed by atoms with Gasteiger partial charge in [-0.25, -0.2) is 9.97 Å². The number of imidazole rings is 1. The minimum atomic E-state index is -0.114. The number of hydrogen-bond acceptors (Lipinski definition) is 8. The van der Waals surface area contributed by atoms with Crippen molar-refractivity contribution in [2.45, 2.75) is 50.9 Å². The molecule has 3 aliphatic rings. The van der Waals surface area contributed by atoms with Gasteiger partial charge < -0.3 is 34.9 Å². The second-order valence-corrected chi connectivity index (χ2v) is 12.5. The zero-order valence-electron chi connectivity index (χ0n) is 24.9. The summed E-state index contributed by atoms with van der Waals surface area (Å²) in [5, 5.41) is 14.1. The minimum Gasteiger partial charge on any atom is -0.494 e. The zero-order valence-corrected chi connectivity index (χ0v) is 24.9. The van der Waals surface area contributed by atoms with Crippen LogP contribution in [0.1, 0.15) is 41.6 Å². The lowest BCUT2D eigenvalue weighted by atomic mass is 10.1. The van der Waals surface area contributed by atoms with E-state index in [0.717, 1.165) is 53.1 Å². The molecule has 2 saturated carbocycles. The molecule has 1 aliphatic heterocycles. The van der Waals surface area contributed by atoms with E-state index in [9.17, 15) is 9.90 Å². The summed E-state index contributed by atoms with van der Waals surface area (Å²) in [6, 6.07) is 11.9. The summed E-state index contributed by atoms with van der Waals surface area (Å²) in [5.74, 6) is 3.06. The summed E-state index contributed by atoms with van der Waals surface area (Å²) in [4.78, 5) is 29.9. The van der Waals surface area contributed by atoms with Crippen molar-refractivity contribution in [1.82, 2.24) is 29.0 Å². The number of pyridine rings is 2. The van der Waals surface area contributed by atoms with Crippen LogP contribution in [0.2, 0.25) is 0 Å². The van der Waals surface area contributed by atoms with Gasteiger partial charge >= 0.3 is 0 Å². The van der Waals surface area contributed by atoms with Crippen molar-refractivity contribution in [1.29, 1.82) is 0 Å². The number of benzene rings is 1. The largest absolute Gasteiger partial charge is 0.494 e. The lowest BCUT2D eigenvalue weighted by molar-refractivity contribution is 0.0700. The topological polar surface area (TPSA) is 136 Å². The molecule has 5 heterocycles. The van der Waals surface area contributed by atoms with Gasteiger partial charge in [-0.05, 0) is 73.9 Å². The number of nitrogens with zero attached hydrogens (tertiary/aromatic N) is 6. The molecule has 0 spiro atoms. The number of anilines is 2. The zero-order chi connectivity index (χ0) is 30.1. The standard InChI is InChI=1S/C33H36N8O3/c1-39-30-24(11-21(13-27(30)44-2)33(43)41-16-20-5-7-25(41)29(20)34)37-32(39)26-12-19-6-8-28(36-23-9-10-35-14-22(23)17-42)38-31(19)40(26)15-18-3-4-18/h6,8-14,18,20,25,29,42H,3-5,7,15-17,34H2,1-2H3,(H,35,36,38). The Labute approximate surface area is 254 Å². The molecule has 0 radical (unpaired) electrons. The van der Waals surface area contributed by atoms with Crippen LogP contribution in [0.25, 0.3) is 33.6 Å². The Hall–Kier alpha value is -4.48. The molecule has 3 unspecified atom stereocenters. The van der Waals surface area contributed by atoms with Crippen LogP contribution in [-0.2, 0) is 20.2 Å². The molecular formula is C33H36N8O3. The van der Waals surface area contributed by atoms with Gasteiger partial charge in [0, 0.05) is 66.8 Å². The Morgan fingerprint density at radius 2 is 2.00 bits per heavy atom. The van der Waals surface area contributed by atoms with Gasteiger partial charge in [0.1, 0.15) is 22.7 Å². The van der Waals surface area contributed by atoms with Gasteiger partial charge in [-0.3, -0.25) is 9.78 Å². The third-order valence-electron chi connectivity index (χ3n) is 9.76. The van der Waals surface area contributed by atoms with E-state index in [1.165, 1.54) is 12.8 Å². The molecule has 2 bridgehead atoms. The van der Waals surface area contributed by atoms with Crippen molar-refractivity contribution in [2.24, 2.45) is 24.6 Å². The number of amides is 1. The summed E-state index contributed by atoms with van der Waals surface area (Å²) < 4.78 is 10.2. The maximum Gasteiger partial charge on any atom is 0.254 e. The summed E-state index contributed by atoms with van der Waals surface area (Å²) in [7, 11) is 3.63. The summed E-state index contributed by atoms with van der Waals surface area (Å²) in [6.45, 7) is 1.44. The number of rotatable bonds is 8. The van der Waals surface area contributed by atoms with Crippen LogP contribution in [-0.4, -0.2) is 65.7 Å². The number of ether oxygens (including phenoxy) is 1. The van der Waals surface area contributed by atoms with Crippen LogP contribution >= 0.6 is 0 Å². The third-order valence-corrected chi connectivity index (χ3v) is 9.76. The number of aliphatic hydroxyl groups is 1. The number of aryl methyl sites for hydroxylation is 1. The highest BCUT2D eigenvalue weighted by atomic mass is 16.5. The molecule has 1 amide bonds. The van der Waals surface area contributed by atoms with Crippen LogP contribution in [0.3, 0.4) is 0 Å². The highest BCUT2D eigenvalue weighted by Gasteiger charge is 2.47. The molecule has 8 rings (SSSR count). The number of carbonyl (C=O) groups excluding carboxylic acids is 1. The van der Waals surface area contributed by atoms with E-state index in [-0.39, 0.29) is 24.6 Å². The molecule has 2 aliphatic carbocycles. The Kier molecular flexibility index (Phi) is 6.35. The molecule has 4 aromatic heterocycles. The maximum atomic E-state index is 13.7. The van der Waals surface area contributed by atoms with Gasteiger partial charge in [0.15, 0.2) is 5.82 Å². The second kappa shape index (κ2) is 10.3. The Morgan fingerprint density at radius 3 is 2.73 bits per heavy atom. The lowest BCUT2D eigenvalue weighted by Gasteiger charge is -2.27. The van der Waals surface area contributed by atoms with Gasteiger partial charge in [0.25, 0.3) is 5.91 Å². The predicted molar refractivity (Wildman–Crippen MR) is 168 cm³/mol. The van der Waals surface area contributed by atoms with Crippen LogP contribution in [0.15, 0.2) is 48.8 Å². The molecule has 11 nitrogen and oxygen atoms in total. The van der Waals surface area contributed by atoms with E-state index in [4.69, 9.17) is 20.4 Å². The van der Waals surface area contributed by atoms with Gasteiger partial charge in [0.2, 0.25) is 0 Å². The number of methoxy groups -OCH3 is 1. The summed E-state index contributed by atoms with van der Waals surface area (Å²) in [5.41, 5.74) is 11.8. The van der Waals surface area contributed by atoms with Gasteiger partial charge in [0.05, 0.1) is 24.9 Å². The molecular weight excluding hydrogens is 556 g/mol. The number of nitrogens with two attached hydrogens (primary N) is 1. The van der Waals surface area contributed by atoms with Crippen LogP contribution in [0.5, 0.6) is 5.75 Å². The highest BCUT2D eigenvalue weighted by molar-refractivity contribution is 6.00.